The summed E-state index contributed by atoms with van der Waals surface area (Å²) >= 11 is 1.11. The average Bonchev–Trinajstić information content (AvgIpc) is 2.34. The monoisotopic (exact) mass is 157 g/mol. The van der Waals surface area contributed by atoms with Gasteiger partial charge in [-0.15, -0.1) is 5.10 Å². The summed E-state index contributed by atoms with van der Waals surface area (Å²) in [7, 11) is 0. The first-order valence-corrected chi connectivity index (χ1v) is 3.93. The molecule has 0 aromatic carbocycles. The van der Waals surface area contributed by atoms with Crippen LogP contribution in [0.5, 0.6) is 0 Å². The van der Waals surface area contributed by atoms with Crippen molar-refractivity contribution in [3.63, 3.8) is 0 Å². The van der Waals surface area contributed by atoms with Crippen molar-refractivity contribution in [2.24, 2.45) is 0 Å². The van der Waals surface area contributed by atoms with Crippen LogP contribution in [0.15, 0.2) is 6.33 Å². The van der Waals surface area contributed by atoms with E-state index in [1.54, 1.807) is 13.2 Å². The zero-order valence-electron chi connectivity index (χ0n) is 5.74. The Hall–Kier alpha value is -0.840. The van der Waals surface area contributed by atoms with E-state index in [9.17, 15) is 4.79 Å². The molecule has 0 atom stereocenters. The van der Waals surface area contributed by atoms with E-state index in [1.807, 2.05) is 0 Å². The Labute approximate surface area is 62.6 Å². The molecule has 5 heteroatoms. The lowest BCUT2D eigenvalue weighted by Crippen LogP contribution is -2.04. The molecule has 0 N–H and O–H groups in total. The fourth-order valence-corrected chi connectivity index (χ4v) is 0.802. The van der Waals surface area contributed by atoms with Gasteiger partial charge in [0.1, 0.15) is 12.2 Å². The van der Waals surface area contributed by atoms with Crippen molar-refractivity contribution in [1.29, 1.82) is 0 Å². The first kappa shape index (κ1) is 7.27. The number of nitrogens with zero attached hydrogens (tertiary/aromatic N) is 3. The quantitative estimate of drug-likeness (QED) is 0.561. The molecule has 0 aliphatic heterocycles. The Balaban J connectivity index is 2.85. The van der Waals surface area contributed by atoms with Crippen molar-refractivity contribution < 1.29 is 4.79 Å². The second-order valence-corrected chi connectivity index (χ2v) is 2.46. The molecule has 0 aliphatic carbocycles. The second-order valence-electron chi connectivity index (χ2n) is 1.71. The number of aromatic nitrogens is 3. The van der Waals surface area contributed by atoms with Gasteiger partial charge in [0.25, 0.3) is 0 Å². The summed E-state index contributed by atoms with van der Waals surface area (Å²) in [6.07, 6.45) is 3.12. The lowest BCUT2D eigenvalue weighted by atomic mass is 10.8. The third-order valence-corrected chi connectivity index (χ3v) is 1.50. The lowest BCUT2D eigenvalue weighted by molar-refractivity contribution is 0.259. The molecule has 0 bridgehead atoms. The lowest BCUT2D eigenvalue weighted by Gasteiger charge is -1.90. The van der Waals surface area contributed by atoms with Crippen molar-refractivity contribution in [2.75, 3.05) is 6.26 Å². The maximum absolute atomic E-state index is 10.9. The standard InChI is InChI=1S/C5H7N3OS/c1-4-6-3-8(7-4)5(9)10-2/h3H,1-2H3. The SMILES string of the molecule is CSC(=O)n1cnc(C)n1. The molecular weight excluding hydrogens is 150 g/mol. The van der Waals surface area contributed by atoms with Crippen LogP contribution in [0.3, 0.4) is 0 Å². The molecule has 1 aromatic heterocycles. The molecule has 1 rings (SSSR count). The highest BCUT2D eigenvalue weighted by Crippen LogP contribution is 1.98. The van der Waals surface area contributed by atoms with Gasteiger partial charge in [-0.2, -0.15) is 4.68 Å². The molecule has 0 fully saturated rings. The van der Waals surface area contributed by atoms with Crippen LogP contribution in [0.1, 0.15) is 5.82 Å². The van der Waals surface area contributed by atoms with Gasteiger partial charge in [0, 0.05) is 0 Å². The molecule has 0 aliphatic rings. The van der Waals surface area contributed by atoms with Crippen molar-refractivity contribution in [3.8, 4) is 0 Å². The fourth-order valence-electron chi connectivity index (χ4n) is 0.527. The van der Waals surface area contributed by atoms with Crippen molar-refractivity contribution in [2.45, 2.75) is 6.92 Å². The van der Waals surface area contributed by atoms with E-state index < -0.39 is 0 Å². The van der Waals surface area contributed by atoms with Gasteiger partial charge in [-0.1, -0.05) is 11.8 Å². The molecule has 0 saturated heterocycles. The van der Waals surface area contributed by atoms with Crippen LogP contribution in [0, 0.1) is 6.92 Å². The summed E-state index contributed by atoms with van der Waals surface area (Å²) in [5.41, 5.74) is 0. The highest BCUT2D eigenvalue weighted by atomic mass is 32.2. The summed E-state index contributed by atoms with van der Waals surface area (Å²) in [4.78, 5) is 14.7. The van der Waals surface area contributed by atoms with E-state index in [4.69, 9.17) is 0 Å². The summed E-state index contributed by atoms with van der Waals surface area (Å²) in [5.74, 6) is 0.613. The molecule has 0 saturated carbocycles. The first-order valence-electron chi connectivity index (χ1n) is 2.70. The number of aryl methyl sites for hydroxylation is 1. The highest BCUT2D eigenvalue weighted by molar-refractivity contribution is 8.13. The zero-order valence-corrected chi connectivity index (χ0v) is 6.55. The molecular formula is C5H7N3OS. The minimum atomic E-state index is -0.111. The maximum Gasteiger partial charge on any atom is 0.307 e. The van der Waals surface area contributed by atoms with Gasteiger partial charge in [-0.05, 0) is 13.2 Å². The van der Waals surface area contributed by atoms with Crippen LogP contribution in [0.4, 0.5) is 4.79 Å². The number of rotatable bonds is 0. The van der Waals surface area contributed by atoms with Crippen molar-refractivity contribution in [3.05, 3.63) is 12.2 Å². The van der Waals surface area contributed by atoms with Crippen LogP contribution in [-0.2, 0) is 0 Å². The first-order chi connectivity index (χ1) is 4.74. The summed E-state index contributed by atoms with van der Waals surface area (Å²) < 4.78 is 1.22. The van der Waals surface area contributed by atoms with Gasteiger partial charge < -0.3 is 0 Å². The molecule has 54 valence electrons. The van der Waals surface area contributed by atoms with Gasteiger partial charge >= 0.3 is 5.24 Å². The minimum Gasteiger partial charge on any atom is -0.259 e. The highest BCUT2D eigenvalue weighted by Gasteiger charge is 2.02. The van der Waals surface area contributed by atoms with Crippen molar-refractivity contribution >= 4 is 17.0 Å². The van der Waals surface area contributed by atoms with Crippen molar-refractivity contribution in [1.82, 2.24) is 14.8 Å². The third kappa shape index (κ3) is 1.36. The summed E-state index contributed by atoms with van der Waals surface area (Å²) in [5, 5.41) is 3.71. The number of carbonyl (C=O) groups is 1. The number of hydrogen-bond donors (Lipinski definition) is 0. The second kappa shape index (κ2) is 2.83. The fraction of sp³-hybridized carbons (Fsp3) is 0.400. The van der Waals surface area contributed by atoms with Gasteiger partial charge in [-0.3, -0.25) is 4.79 Å². The van der Waals surface area contributed by atoms with Crippen LogP contribution in [-0.4, -0.2) is 26.3 Å². The van der Waals surface area contributed by atoms with Crippen LogP contribution in [0.2, 0.25) is 0 Å². The molecule has 0 unspecified atom stereocenters. The minimum absolute atomic E-state index is 0.111. The zero-order chi connectivity index (χ0) is 7.56. The molecule has 10 heavy (non-hydrogen) atoms. The molecule has 0 radical (unpaired) electrons. The van der Waals surface area contributed by atoms with Gasteiger partial charge in [-0.25, -0.2) is 4.98 Å². The largest absolute Gasteiger partial charge is 0.307 e. The Morgan fingerprint density at radius 3 is 2.90 bits per heavy atom. The summed E-state index contributed by atoms with van der Waals surface area (Å²) in [6, 6.07) is 0. The maximum atomic E-state index is 10.9. The molecule has 4 nitrogen and oxygen atoms in total. The van der Waals surface area contributed by atoms with E-state index in [1.165, 1.54) is 11.0 Å². The van der Waals surface area contributed by atoms with Gasteiger partial charge in [0.05, 0.1) is 0 Å². The Morgan fingerprint density at radius 1 is 1.80 bits per heavy atom. The van der Waals surface area contributed by atoms with E-state index in [2.05, 4.69) is 10.1 Å². The Kier molecular flexibility index (Phi) is 2.06. The molecule has 1 heterocycles. The summed E-state index contributed by atoms with van der Waals surface area (Å²) in [6.45, 7) is 1.74. The number of hydrogen-bond acceptors (Lipinski definition) is 4. The van der Waals surface area contributed by atoms with E-state index in [-0.39, 0.29) is 5.24 Å². The normalized spacial score (nSPS) is 9.80. The predicted octanol–water partition coefficient (Wildman–Crippen LogP) is 0.918. The smallest absolute Gasteiger partial charge is 0.259 e. The van der Waals surface area contributed by atoms with E-state index in [0.717, 1.165) is 11.8 Å². The molecule has 0 spiro atoms. The van der Waals surface area contributed by atoms with Gasteiger partial charge in [0.15, 0.2) is 0 Å². The average molecular weight is 157 g/mol. The van der Waals surface area contributed by atoms with Crippen LogP contribution in [0.25, 0.3) is 0 Å². The molecule has 0 amide bonds. The van der Waals surface area contributed by atoms with E-state index in [0.29, 0.717) is 5.82 Å². The van der Waals surface area contributed by atoms with Gasteiger partial charge in [0.2, 0.25) is 0 Å². The number of thioether (sulfide) groups is 1. The van der Waals surface area contributed by atoms with Crippen LogP contribution < -0.4 is 0 Å². The Bertz CT molecular complexity index is 245. The Morgan fingerprint density at radius 2 is 2.50 bits per heavy atom. The van der Waals surface area contributed by atoms with E-state index >= 15 is 0 Å². The molecule has 1 aromatic rings. The van der Waals surface area contributed by atoms with Crippen LogP contribution >= 0.6 is 11.8 Å². The predicted molar refractivity (Wildman–Crippen MR) is 39.1 cm³/mol. The third-order valence-electron chi connectivity index (χ3n) is 0.968. The topological polar surface area (TPSA) is 47.8 Å². The number of carbonyl (C=O) groups excluding carboxylic acids is 1.